The number of rotatable bonds is 3. The first-order valence-electron chi connectivity index (χ1n) is 7.10. The van der Waals surface area contributed by atoms with Crippen LogP contribution >= 0.6 is 0 Å². The van der Waals surface area contributed by atoms with Crippen molar-refractivity contribution in [3.8, 4) is 0 Å². The second kappa shape index (κ2) is 5.78. The van der Waals surface area contributed by atoms with Crippen LogP contribution in [0.25, 0.3) is 11.2 Å². The third-order valence-corrected chi connectivity index (χ3v) is 3.65. The number of nitrogen functional groups attached to an aromatic ring is 1. The fourth-order valence-corrected chi connectivity index (χ4v) is 2.60. The van der Waals surface area contributed by atoms with Gasteiger partial charge >= 0.3 is 0 Å². The van der Waals surface area contributed by atoms with Gasteiger partial charge in [-0.2, -0.15) is 4.98 Å². The van der Waals surface area contributed by atoms with Gasteiger partial charge in [0.25, 0.3) is 5.56 Å². The summed E-state index contributed by atoms with van der Waals surface area (Å²) in [7, 11) is 3.38. The quantitative estimate of drug-likeness (QED) is 0.410. The van der Waals surface area contributed by atoms with Crippen LogP contribution in [0.2, 0.25) is 0 Å². The fraction of sp³-hybridized carbons (Fsp3) is 0.462. The molecule has 0 saturated carbocycles. The first kappa shape index (κ1) is 16.2. The maximum Gasteiger partial charge on any atom is 0.280 e. The van der Waals surface area contributed by atoms with Crippen molar-refractivity contribution in [2.75, 3.05) is 19.8 Å². The van der Waals surface area contributed by atoms with Gasteiger partial charge in [0.15, 0.2) is 17.4 Å². The molecule has 0 bridgehead atoms. The van der Waals surface area contributed by atoms with E-state index in [0.29, 0.717) is 0 Å². The minimum atomic E-state index is -1.37. The van der Waals surface area contributed by atoms with Gasteiger partial charge in [0, 0.05) is 20.3 Å². The zero-order valence-electron chi connectivity index (χ0n) is 13.0. The molecule has 11 heteroatoms. The third-order valence-electron chi connectivity index (χ3n) is 3.65. The van der Waals surface area contributed by atoms with Crippen LogP contribution in [0, 0.1) is 0 Å². The number of ether oxygens (including phenoxy) is 1. The van der Waals surface area contributed by atoms with Crippen LogP contribution in [0.3, 0.4) is 0 Å². The largest absolute Gasteiger partial charge is 0.508 e. The Kier molecular flexibility index (Phi) is 3.91. The van der Waals surface area contributed by atoms with Crippen molar-refractivity contribution in [1.29, 1.82) is 0 Å². The third kappa shape index (κ3) is 2.58. The Morgan fingerprint density at radius 1 is 1.46 bits per heavy atom. The van der Waals surface area contributed by atoms with Gasteiger partial charge in [0.2, 0.25) is 5.95 Å². The van der Waals surface area contributed by atoms with E-state index in [0.717, 1.165) is 0 Å². The van der Waals surface area contributed by atoms with Crippen LogP contribution in [-0.2, 0) is 4.74 Å². The minimum absolute atomic E-state index is 0.0194. The maximum atomic E-state index is 11.8. The Bertz CT molecular complexity index is 843. The maximum absolute atomic E-state index is 11.8. The molecule has 0 unspecified atom stereocenters. The van der Waals surface area contributed by atoms with Crippen molar-refractivity contribution in [3.05, 3.63) is 28.6 Å². The van der Waals surface area contributed by atoms with Crippen LogP contribution in [0.5, 0.6) is 0 Å². The SMILES string of the molecule is CN(C)C=C(O)[C@H]1O[C@@H](n2cnc3c(=O)[nH]c(N)nc32)[C@H](O)[C@@H]1O. The van der Waals surface area contributed by atoms with E-state index in [1.54, 1.807) is 19.0 Å². The molecule has 0 radical (unpaired) electrons. The van der Waals surface area contributed by atoms with E-state index in [4.69, 9.17) is 10.5 Å². The van der Waals surface area contributed by atoms with E-state index in [1.807, 2.05) is 0 Å². The number of nitrogens with two attached hydrogens (primary N) is 1. The number of hydrogen-bond acceptors (Lipinski definition) is 9. The number of anilines is 1. The molecule has 24 heavy (non-hydrogen) atoms. The molecule has 0 aromatic carbocycles. The number of aliphatic hydroxyl groups is 3. The summed E-state index contributed by atoms with van der Waals surface area (Å²) in [4.78, 5) is 23.6. The zero-order valence-corrected chi connectivity index (χ0v) is 13.0. The highest BCUT2D eigenvalue weighted by molar-refractivity contribution is 5.70. The molecule has 3 rings (SSSR count). The van der Waals surface area contributed by atoms with Gasteiger partial charge in [-0.05, 0) is 0 Å². The molecule has 4 atom stereocenters. The highest BCUT2D eigenvalue weighted by Crippen LogP contribution is 2.33. The van der Waals surface area contributed by atoms with Crippen molar-refractivity contribution < 1.29 is 20.1 Å². The molecule has 6 N–H and O–H groups in total. The number of aliphatic hydroxyl groups excluding tert-OH is 3. The fourth-order valence-electron chi connectivity index (χ4n) is 2.60. The normalized spacial score (nSPS) is 27.8. The van der Waals surface area contributed by atoms with E-state index in [1.165, 1.54) is 17.1 Å². The summed E-state index contributed by atoms with van der Waals surface area (Å²) < 4.78 is 6.86. The van der Waals surface area contributed by atoms with Crippen molar-refractivity contribution >= 4 is 17.1 Å². The van der Waals surface area contributed by atoms with Crippen molar-refractivity contribution in [1.82, 2.24) is 24.4 Å². The average Bonchev–Trinajstić information content (AvgIpc) is 3.01. The first-order chi connectivity index (χ1) is 11.3. The van der Waals surface area contributed by atoms with E-state index in [-0.39, 0.29) is 22.9 Å². The standard InChI is InChI=1S/C13H18N6O5/c1-18(2)3-5(20)9-7(21)8(22)12(24-9)19-4-15-6-10(19)16-13(14)17-11(6)23/h3-4,7-9,12,20-22H,1-2H3,(H3,14,16,17,23)/t7-,8+,9+,12+/m0/s1. The smallest absolute Gasteiger partial charge is 0.280 e. The summed E-state index contributed by atoms with van der Waals surface area (Å²) in [5.41, 5.74) is 5.12. The van der Waals surface area contributed by atoms with Gasteiger partial charge < -0.3 is 30.7 Å². The highest BCUT2D eigenvalue weighted by Gasteiger charge is 2.46. The Balaban J connectivity index is 2.00. The molecule has 1 saturated heterocycles. The lowest BCUT2D eigenvalue weighted by atomic mass is 10.1. The molecule has 11 nitrogen and oxygen atoms in total. The Hall–Kier alpha value is -2.63. The number of aromatic nitrogens is 4. The molecule has 0 aliphatic carbocycles. The molecule has 1 aliphatic heterocycles. The summed E-state index contributed by atoms with van der Waals surface area (Å²) in [5, 5.41) is 30.4. The lowest BCUT2D eigenvalue weighted by molar-refractivity contribution is -0.0346. The van der Waals surface area contributed by atoms with Crippen molar-refractivity contribution in [2.24, 2.45) is 0 Å². The van der Waals surface area contributed by atoms with E-state index < -0.39 is 30.1 Å². The summed E-state index contributed by atoms with van der Waals surface area (Å²) in [6.07, 6.45) is -2.36. The molecule has 1 fully saturated rings. The topological polar surface area (TPSA) is 163 Å². The van der Waals surface area contributed by atoms with Crippen LogP contribution in [0.15, 0.2) is 23.1 Å². The van der Waals surface area contributed by atoms with Gasteiger partial charge in [-0.1, -0.05) is 0 Å². The highest BCUT2D eigenvalue weighted by atomic mass is 16.6. The minimum Gasteiger partial charge on any atom is -0.508 e. The van der Waals surface area contributed by atoms with Gasteiger partial charge in [-0.15, -0.1) is 0 Å². The van der Waals surface area contributed by atoms with Crippen LogP contribution in [0.4, 0.5) is 5.95 Å². The zero-order chi connectivity index (χ0) is 17.6. The Morgan fingerprint density at radius 2 is 2.17 bits per heavy atom. The van der Waals surface area contributed by atoms with Crippen molar-refractivity contribution in [2.45, 2.75) is 24.5 Å². The van der Waals surface area contributed by atoms with E-state index >= 15 is 0 Å². The number of hydrogen-bond donors (Lipinski definition) is 5. The number of H-pyrrole nitrogens is 1. The number of imidazole rings is 1. The molecule has 2 aromatic heterocycles. The van der Waals surface area contributed by atoms with E-state index in [9.17, 15) is 20.1 Å². The van der Waals surface area contributed by atoms with Gasteiger partial charge in [-0.25, -0.2) is 4.98 Å². The van der Waals surface area contributed by atoms with Gasteiger partial charge in [0.05, 0.1) is 6.33 Å². The molecule has 2 aromatic rings. The molecule has 1 aliphatic rings. The van der Waals surface area contributed by atoms with Crippen LogP contribution in [-0.4, -0.2) is 72.1 Å². The number of nitrogens with one attached hydrogen (secondary N) is 1. The summed E-state index contributed by atoms with van der Waals surface area (Å²) in [6.45, 7) is 0. The second-order valence-electron chi connectivity index (χ2n) is 5.72. The molecule has 3 heterocycles. The van der Waals surface area contributed by atoms with Crippen LogP contribution < -0.4 is 11.3 Å². The molecular weight excluding hydrogens is 320 g/mol. The molecule has 0 amide bonds. The monoisotopic (exact) mass is 338 g/mol. The summed E-state index contributed by atoms with van der Waals surface area (Å²) in [6, 6.07) is 0. The lowest BCUT2D eigenvalue weighted by Gasteiger charge is -2.16. The van der Waals surface area contributed by atoms with Gasteiger partial charge in [0.1, 0.15) is 24.1 Å². The number of fused-ring (bicyclic) bond motifs is 1. The number of nitrogens with zero attached hydrogens (tertiary/aromatic N) is 4. The predicted octanol–water partition coefficient (Wildman–Crippen LogP) is -1.72. The summed E-state index contributed by atoms with van der Waals surface area (Å²) in [5.74, 6) is -0.363. The summed E-state index contributed by atoms with van der Waals surface area (Å²) >= 11 is 0. The Labute approximate surface area is 135 Å². The van der Waals surface area contributed by atoms with E-state index in [2.05, 4.69) is 15.0 Å². The van der Waals surface area contributed by atoms with Gasteiger partial charge in [-0.3, -0.25) is 14.3 Å². The average molecular weight is 338 g/mol. The first-order valence-corrected chi connectivity index (χ1v) is 7.10. The molecule has 0 spiro atoms. The van der Waals surface area contributed by atoms with Crippen LogP contribution in [0.1, 0.15) is 6.23 Å². The molecular formula is C13H18N6O5. The van der Waals surface area contributed by atoms with Crippen molar-refractivity contribution in [3.63, 3.8) is 0 Å². The predicted molar refractivity (Wildman–Crippen MR) is 82.9 cm³/mol. The number of aromatic amines is 1. The molecule has 130 valence electrons. The Morgan fingerprint density at radius 3 is 2.83 bits per heavy atom. The second-order valence-corrected chi connectivity index (χ2v) is 5.72. The lowest BCUT2D eigenvalue weighted by Crippen LogP contribution is -2.32.